The molecule has 3 aromatic carbocycles. The number of carbonyl (C=O) groups excluding carboxylic acids is 2. The van der Waals surface area contributed by atoms with Crippen molar-refractivity contribution in [3.8, 4) is 28.7 Å². The van der Waals surface area contributed by atoms with Gasteiger partial charge in [0.15, 0.2) is 28.8 Å². The fourth-order valence-electron chi connectivity index (χ4n) is 5.19. The van der Waals surface area contributed by atoms with Gasteiger partial charge in [0.25, 0.3) is 5.56 Å². The second-order valence-electron chi connectivity index (χ2n) is 10.9. The number of esters is 1. The molecule has 2 aromatic heterocycles. The van der Waals surface area contributed by atoms with Gasteiger partial charge in [0.2, 0.25) is 0 Å². The number of benzene rings is 3. The van der Waals surface area contributed by atoms with E-state index in [1.54, 1.807) is 39.0 Å². The fourth-order valence-corrected chi connectivity index (χ4v) is 5.19. The molecule has 0 aliphatic carbocycles. The molecule has 0 spiro atoms. The Hall–Kier alpha value is -5.58. The van der Waals surface area contributed by atoms with Crippen molar-refractivity contribution in [2.75, 3.05) is 20.8 Å². The van der Waals surface area contributed by atoms with Gasteiger partial charge in [0.1, 0.15) is 17.3 Å². The van der Waals surface area contributed by atoms with Crippen LogP contribution in [0.25, 0.3) is 16.6 Å². The van der Waals surface area contributed by atoms with Gasteiger partial charge in [-0.3, -0.25) is 19.1 Å². The van der Waals surface area contributed by atoms with Crippen molar-refractivity contribution in [2.45, 2.75) is 33.1 Å². The minimum Gasteiger partial charge on any atom is -0.493 e. The minimum atomic E-state index is -0.786. The molecule has 0 radical (unpaired) electrons. The van der Waals surface area contributed by atoms with E-state index in [-0.39, 0.29) is 41.6 Å². The zero-order chi connectivity index (χ0) is 33.8. The number of hydrogen-bond donors (Lipinski definition) is 0. The lowest BCUT2D eigenvalue weighted by Crippen LogP contribution is -2.32. The number of carbonyl (C=O) groups is 2. The number of methoxy groups -OCH3 is 2. The van der Waals surface area contributed by atoms with Crippen LogP contribution in [0.5, 0.6) is 23.0 Å². The van der Waals surface area contributed by atoms with Crippen LogP contribution >= 0.6 is 0 Å². The first-order valence-corrected chi connectivity index (χ1v) is 14.8. The van der Waals surface area contributed by atoms with E-state index in [9.17, 15) is 18.8 Å². The molecule has 5 aromatic rings. The Bertz CT molecular complexity index is 2040. The van der Waals surface area contributed by atoms with Crippen LogP contribution in [0, 0.1) is 11.6 Å². The Morgan fingerprint density at radius 1 is 0.872 bits per heavy atom. The molecule has 242 valence electrons. The van der Waals surface area contributed by atoms with Crippen molar-refractivity contribution in [1.82, 2.24) is 9.55 Å². The Morgan fingerprint density at radius 3 is 2.21 bits per heavy atom. The summed E-state index contributed by atoms with van der Waals surface area (Å²) in [6, 6.07) is 15.4. The van der Waals surface area contributed by atoms with E-state index in [0.29, 0.717) is 39.3 Å². The summed E-state index contributed by atoms with van der Waals surface area (Å²) in [4.78, 5) is 44.9. The SMILES string of the molecule is CCOC(=O)c1c(C(C)C)cc(C(=O)Cc2ccc(Oc3ccnc4cc(OC)c(OC)cc34)c(F)c2)c(=O)n1-c1ccc(F)cc1. The first kappa shape index (κ1) is 32.8. The van der Waals surface area contributed by atoms with Crippen molar-refractivity contribution in [3.05, 3.63) is 117 Å². The highest BCUT2D eigenvalue weighted by Gasteiger charge is 2.27. The quantitative estimate of drug-likeness (QED) is 0.110. The number of nitrogens with zero attached hydrogens (tertiary/aromatic N) is 2. The predicted octanol–water partition coefficient (Wildman–Crippen LogP) is 7.20. The lowest BCUT2D eigenvalue weighted by atomic mass is 9.95. The van der Waals surface area contributed by atoms with E-state index in [1.165, 1.54) is 50.7 Å². The molecule has 0 aliphatic heterocycles. The Labute approximate surface area is 269 Å². The summed E-state index contributed by atoms with van der Waals surface area (Å²) in [5, 5.41) is 0.563. The molecule has 0 N–H and O–H groups in total. The molecule has 0 unspecified atom stereocenters. The Morgan fingerprint density at radius 2 is 1.57 bits per heavy atom. The summed E-state index contributed by atoms with van der Waals surface area (Å²) < 4.78 is 52.1. The monoisotopic (exact) mass is 642 g/mol. The van der Waals surface area contributed by atoms with Crippen molar-refractivity contribution >= 4 is 22.7 Å². The average Bonchev–Trinajstić information content (AvgIpc) is 3.05. The number of aromatic nitrogens is 2. The third-order valence-corrected chi connectivity index (χ3v) is 7.49. The topological polar surface area (TPSA) is 106 Å². The van der Waals surface area contributed by atoms with E-state index in [2.05, 4.69) is 4.98 Å². The van der Waals surface area contributed by atoms with Gasteiger partial charge in [-0.05, 0) is 78.6 Å². The van der Waals surface area contributed by atoms with Crippen LogP contribution in [0.1, 0.15) is 58.7 Å². The number of hydrogen-bond acceptors (Lipinski definition) is 8. The van der Waals surface area contributed by atoms with E-state index in [4.69, 9.17) is 18.9 Å². The Kier molecular flexibility index (Phi) is 9.64. The normalized spacial score (nSPS) is 11.1. The molecule has 0 aliphatic rings. The van der Waals surface area contributed by atoms with Gasteiger partial charge in [-0.2, -0.15) is 0 Å². The maximum atomic E-state index is 15.4. The minimum absolute atomic E-state index is 0.0535. The molecule has 47 heavy (non-hydrogen) atoms. The van der Waals surface area contributed by atoms with Gasteiger partial charge in [-0.1, -0.05) is 19.9 Å². The van der Waals surface area contributed by atoms with Crippen LogP contribution in [0.3, 0.4) is 0 Å². The van der Waals surface area contributed by atoms with Gasteiger partial charge in [-0.15, -0.1) is 0 Å². The molecule has 0 saturated heterocycles. The molecule has 11 heteroatoms. The Balaban J connectivity index is 1.49. The summed E-state index contributed by atoms with van der Waals surface area (Å²) in [6.45, 7) is 5.30. The molecule has 9 nitrogen and oxygen atoms in total. The van der Waals surface area contributed by atoms with Crippen LogP contribution in [0.2, 0.25) is 0 Å². The van der Waals surface area contributed by atoms with Crippen LogP contribution in [-0.2, 0) is 11.2 Å². The number of pyridine rings is 2. The smallest absolute Gasteiger partial charge is 0.355 e. The van der Waals surface area contributed by atoms with Gasteiger partial charge < -0.3 is 18.9 Å². The molecule has 0 fully saturated rings. The molecule has 0 amide bonds. The second-order valence-corrected chi connectivity index (χ2v) is 10.9. The first-order chi connectivity index (χ1) is 22.6. The van der Waals surface area contributed by atoms with Crippen LogP contribution in [0.4, 0.5) is 8.78 Å². The number of ether oxygens (including phenoxy) is 4. The van der Waals surface area contributed by atoms with Crippen LogP contribution in [-0.4, -0.2) is 42.1 Å². The summed E-state index contributed by atoms with van der Waals surface area (Å²) in [5.74, 6) is -1.77. The zero-order valence-corrected chi connectivity index (χ0v) is 26.4. The maximum Gasteiger partial charge on any atom is 0.355 e. The summed E-state index contributed by atoms with van der Waals surface area (Å²) in [5.41, 5.74) is 0.364. The zero-order valence-electron chi connectivity index (χ0n) is 26.4. The lowest BCUT2D eigenvalue weighted by molar-refractivity contribution is 0.0513. The second kappa shape index (κ2) is 13.8. The first-order valence-electron chi connectivity index (χ1n) is 14.8. The van der Waals surface area contributed by atoms with Crippen molar-refractivity contribution < 1.29 is 37.3 Å². The number of fused-ring (bicyclic) bond motifs is 1. The van der Waals surface area contributed by atoms with Gasteiger partial charge in [-0.25, -0.2) is 13.6 Å². The van der Waals surface area contributed by atoms with Gasteiger partial charge >= 0.3 is 5.97 Å². The lowest BCUT2D eigenvalue weighted by Gasteiger charge is -2.20. The molecular formula is C36H32F2N2O7. The van der Waals surface area contributed by atoms with E-state index in [1.807, 2.05) is 0 Å². The number of Topliss-reactive ketones (excluding diaryl/α,β-unsaturated/α-hetero) is 1. The van der Waals surface area contributed by atoms with Crippen molar-refractivity contribution in [2.24, 2.45) is 0 Å². The molecule has 2 heterocycles. The van der Waals surface area contributed by atoms with Crippen LogP contribution < -0.4 is 19.8 Å². The largest absolute Gasteiger partial charge is 0.493 e. The standard InChI is InChI=1S/C36H32F2N2O7/c1-6-46-36(43)34-24(20(2)3)17-26(35(42)40(34)23-10-8-22(37)9-11-23)29(41)16-21-7-12-31(27(38)15-21)47-30-13-14-39-28-19-33(45-5)32(44-4)18-25(28)30/h7-15,17-20H,6,16H2,1-5H3. The van der Waals surface area contributed by atoms with Gasteiger partial charge in [0, 0.05) is 29.8 Å². The highest BCUT2D eigenvalue weighted by molar-refractivity contribution is 5.99. The molecule has 0 atom stereocenters. The number of ketones is 1. The average molecular weight is 643 g/mol. The maximum absolute atomic E-state index is 15.4. The van der Waals surface area contributed by atoms with E-state index in [0.717, 1.165) is 22.8 Å². The third kappa shape index (κ3) is 6.69. The molecular weight excluding hydrogens is 610 g/mol. The van der Waals surface area contributed by atoms with E-state index < -0.39 is 28.9 Å². The summed E-state index contributed by atoms with van der Waals surface area (Å²) in [6.07, 6.45) is 1.20. The highest BCUT2D eigenvalue weighted by Crippen LogP contribution is 2.37. The molecule has 5 rings (SSSR count). The van der Waals surface area contributed by atoms with Gasteiger partial charge in [0.05, 0.1) is 31.9 Å². The predicted molar refractivity (Wildman–Crippen MR) is 171 cm³/mol. The fraction of sp³-hybridized carbons (Fsp3) is 0.222. The molecule has 0 bridgehead atoms. The molecule has 0 saturated carbocycles. The van der Waals surface area contributed by atoms with Crippen molar-refractivity contribution in [1.29, 1.82) is 0 Å². The highest BCUT2D eigenvalue weighted by atomic mass is 19.1. The van der Waals surface area contributed by atoms with E-state index >= 15 is 4.39 Å². The number of halogens is 2. The summed E-state index contributed by atoms with van der Waals surface area (Å²) >= 11 is 0. The number of rotatable bonds is 11. The third-order valence-electron chi connectivity index (χ3n) is 7.49. The van der Waals surface area contributed by atoms with Crippen molar-refractivity contribution in [3.63, 3.8) is 0 Å². The summed E-state index contributed by atoms with van der Waals surface area (Å²) in [7, 11) is 3.01. The van der Waals surface area contributed by atoms with Crippen LogP contribution in [0.15, 0.2) is 77.7 Å².